The Labute approximate surface area is 101 Å². The molecule has 0 aliphatic heterocycles. The van der Waals surface area contributed by atoms with E-state index in [1.807, 2.05) is 54.6 Å². The van der Waals surface area contributed by atoms with Crippen LogP contribution in [-0.4, -0.2) is 5.71 Å². The molecule has 86 valence electrons. The molecule has 17 heavy (non-hydrogen) atoms. The standard InChI is InChI=1S/C15H15NO/c1-12(16)14-8-5-9-15(10-14)17-11-13-6-3-2-4-7-13/h2-10,16H,11H2,1H3. The predicted octanol–water partition coefficient (Wildman–Crippen LogP) is 3.65. The first-order chi connectivity index (χ1) is 8.25. The summed E-state index contributed by atoms with van der Waals surface area (Å²) < 4.78 is 5.69. The Morgan fingerprint density at radius 3 is 2.53 bits per heavy atom. The second kappa shape index (κ2) is 5.30. The van der Waals surface area contributed by atoms with Crippen LogP contribution >= 0.6 is 0 Å². The zero-order valence-electron chi connectivity index (χ0n) is 9.81. The molecule has 1 N–H and O–H groups in total. The quantitative estimate of drug-likeness (QED) is 0.791. The van der Waals surface area contributed by atoms with Gasteiger partial charge in [0.05, 0.1) is 0 Å². The molecule has 0 amide bonds. The Morgan fingerprint density at radius 1 is 1.06 bits per heavy atom. The van der Waals surface area contributed by atoms with E-state index in [4.69, 9.17) is 10.1 Å². The van der Waals surface area contributed by atoms with Gasteiger partial charge >= 0.3 is 0 Å². The maximum atomic E-state index is 7.57. The molecule has 2 nitrogen and oxygen atoms in total. The molecule has 2 aromatic carbocycles. The molecular weight excluding hydrogens is 210 g/mol. The lowest BCUT2D eigenvalue weighted by Crippen LogP contribution is -1.97. The van der Waals surface area contributed by atoms with Gasteiger partial charge in [-0.2, -0.15) is 0 Å². The Bertz CT molecular complexity index is 505. The SMILES string of the molecule is CC(=N)c1cccc(OCc2ccccc2)c1. The third-order valence-electron chi connectivity index (χ3n) is 2.52. The predicted molar refractivity (Wildman–Crippen MR) is 69.7 cm³/mol. The maximum absolute atomic E-state index is 7.57. The minimum absolute atomic E-state index is 0.551. The molecular formula is C15H15NO. The monoisotopic (exact) mass is 225 g/mol. The Morgan fingerprint density at radius 2 is 1.82 bits per heavy atom. The second-order valence-corrected chi connectivity index (χ2v) is 3.93. The zero-order chi connectivity index (χ0) is 12.1. The summed E-state index contributed by atoms with van der Waals surface area (Å²) in [6, 6.07) is 17.7. The van der Waals surface area contributed by atoms with Crippen LogP contribution in [0.15, 0.2) is 54.6 Å². The van der Waals surface area contributed by atoms with E-state index in [-0.39, 0.29) is 0 Å². The van der Waals surface area contributed by atoms with Crippen molar-refractivity contribution >= 4 is 5.71 Å². The zero-order valence-corrected chi connectivity index (χ0v) is 9.81. The van der Waals surface area contributed by atoms with Crippen molar-refractivity contribution in [2.45, 2.75) is 13.5 Å². The van der Waals surface area contributed by atoms with Crippen molar-refractivity contribution < 1.29 is 4.74 Å². The first kappa shape index (κ1) is 11.4. The van der Waals surface area contributed by atoms with E-state index in [0.29, 0.717) is 12.3 Å². The van der Waals surface area contributed by atoms with Crippen molar-refractivity contribution in [3.63, 3.8) is 0 Å². The van der Waals surface area contributed by atoms with Gasteiger partial charge in [0.2, 0.25) is 0 Å². The summed E-state index contributed by atoms with van der Waals surface area (Å²) in [5.74, 6) is 0.804. The van der Waals surface area contributed by atoms with Gasteiger partial charge in [0.25, 0.3) is 0 Å². The minimum atomic E-state index is 0.551. The molecule has 0 aliphatic rings. The van der Waals surface area contributed by atoms with E-state index in [0.717, 1.165) is 16.9 Å². The summed E-state index contributed by atoms with van der Waals surface area (Å²) in [4.78, 5) is 0. The van der Waals surface area contributed by atoms with E-state index >= 15 is 0 Å². The number of benzene rings is 2. The molecule has 0 atom stereocenters. The summed E-state index contributed by atoms with van der Waals surface area (Å²) >= 11 is 0. The van der Waals surface area contributed by atoms with E-state index in [1.165, 1.54) is 0 Å². The van der Waals surface area contributed by atoms with Crippen molar-refractivity contribution in [1.29, 1.82) is 5.41 Å². The van der Waals surface area contributed by atoms with Crippen LogP contribution in [0.25, 0.3) is 0 Å². The molecule has 2 heteroatoms. The largest absolute Gasteiger partial charge is 0.489 e. The van der Waals surface area contributed by atoms with Crippen molar-refractivity contribution in [2.75, 3.05) is 0 Å². The van der Waals surface area contributed by atoms with Crippen LogP contribution in [0.1, 0.15) is 18.1 Å². The fourth-order valence-corrected chi connectivity index (χ4v) is 1.56. The summed E-state index contributed by atoms with van der Waals surface area (Å²) in [5, 5.41) is 7.57. The Hall–Kier alpha value is -2.09. The Kier molecular flexibility index (Phi) is 3.55. The van der Waals surface area contributed by atoms with Gasteiger partial charge in [-0.3, -0.25) is 0 Å². The highest BCUT2D eigenvalue weighted by Gasteiger charge is 1.99. The molecule has 0 spiro atoms. The van der Waals surface area contributed by atoms with Crippen LogP contribution in [0, 0.1) is 5.41 Å². The highest BCUT2D eigenvalue weighted by molar-refractivity contribution is 5.96. The lowest BCUT2D eigenvalue weighted by molar-refractivity contribution is 0.306. The molecule has 0 bridgehead atoms. The summed E-state index contributed by atoms with van der Waals surface area (Å²) in [7, 11) is 0. The first-order valence-electron chi connectivity index (χ1n) is 5.58. The number of hydrogen-bond donors (Lipinski definition) is 1. The normalized spacial score (nSPS) is 9.94. The molecule has 0 unspecified atom stereocenters. The first-order valence-corrected chi connectivity index (χ1v) is 5.58. The lowest BCUT2D eigenvalue weighted by atomic mass is 10.1. The van der Waals surface area contributed by atoms with E-state index in [9.17, 15) is 0 Å². The third-order valence-corrected chi connectivity index (χ3v) is 2.52. The van der Waals surface area contributed by atoms with Crippen molar-refractivity contribution in [2.24, 2.45) is 0 Å². The van der Waals surface area contributed by atoms with E-state index in [2.05, 4.69) is 0 Å². The van der Waals surface area contributed by atoms with Gasteiger partial charge in [-0.15, -0.1) is 0 Å². The van der Waals surface area contributed by atoms with Crippen LogP contribution in [0.3, 0.4) is 0 Å². The van der Waals surface area contributed by atoms with Gasteiger partial charge in [0, 0.05) is 5.71 Å². The van der Waals surface area contributed by atoms with E-state index < -0.39 is 0 Å². The van der Waals surface area contributed by atoms with Gasteiger partial charge in [0.1, 0.15) is 12.4 Å². The van der Waals surface area contributed by atoms with Crippen LogP contribution in [-0.2, 0) is 6.61 Å². The third kappa shape index (κ3) is 3.18. The molecule has 0 aliphatic carbocycles. The molecule has 2 rings (SSSR count). The van der Waals surface area contributed by atoms with Crippen molar-refractivity contribution in [1.82, 2.24) is 0 Å². The van der Waals surface area contributed by atoms with Gasteiger partial charge in [-0.1, -0.05) is 42.5 Å². The molecule has 2 aromatic rings. The number of nitrogens with one attached hydrogen (secondary N) is 1. The summed E-state index contributed by atoms with van der Waals surface area (Å²) in [6.07, 6.45) is 0. The number of hydrogen-bond acceptors (Lipinski definition) is 2. The topological polar surface area (TPSA) is 33.1 Å². The second-order valence-electron chi connectivity index (χ2n) is 3.93. The molecule has 0 saturated carbocycles. The minimum Gasteiger partial charge on any atom is -0.489 e. The highest BCUT2D eigenvalue weighted by atomic mass is 16.5. The summed E-state index contributed by atoms with van der Waals surface area (Å²) in [6.45, 7) is 2.33. The number of rotatable bonds is 4. The lowest BCUT2D eigenvalue weighted by Gasteiger charge is -2.07. The highest BCUT2D eigenvalue weighted by Crippen LogP contribution is 2.15. The van der Waals surface area contributed by atoms with Gasteiger partial charge in [-0.05, 0) is 30.2 Å². The molecule has 0 saturated heterocycles. The summed E-state index contributed by atoms with van der Waals surface area (Å²) in [5.41, 5.74) is 2.59. The van der Waals surface area contributed by atoms with Crippen LogP contribution in [0.4, 0.5) is 0 Å². The smallest absolute Gasteiger partial charge is 0.120 e. The average molecular weight is 225 g/mol. The molecule has 0 heterocycles. The fourth-order valence-electron chi connectivity index (χ4n) is 1.56. The van der Waals surface area contributed by atoms with Gasteiger partial charge in [0.15, 0.2) is 0 Å². The Balaban J connectivity index is 2.04. The van der Waals surface area contributed by atoms with Crippen molar-refractivity contribution in [3.05, 3.63) is 65.7 Å². The average Bonchev–Trinajstić information content (AvgIpc) is 2.38. The number of ether oxygens (including phenoxy) is 1. The molecule has 0 fully saturated rings. The maximum Gasteiger partial charge on any atom is 0.120 e. The van der Waals surface area contributed by atoms with Crippen LogP contribution in [0.5, 0.6) is 5.75 Å². The molecule has 0 radical (unpaired) electrons. The van der Waals surface area contributed by atoms with Crippen LogP contribution < -0.4 is 4.74 Å². The van der Waals surface area contributed by atoms with E-state index in [1.54, 1.807) is 6.92 Å². The van der Waals surface area contributed by atoms with Gasteiger partial charge in [-0.25, -0.2) is 0 Å². The fraction of sp³-hybridized carbons (Fsp3) is 0.133. The van der Waals surface area contributed by atoms with Gasteiger partial charge < -0.3 is 10.1 Å². The van der Waals surface area contributed by atoms with Crippen LogP contribution in [0.2, 0.25) is 0 Å². The van der Waals surface area contributed by atoms with Crippen molar-refractivity contribution in [3.8, 4) is 5.75 Å². The molecule has 0 aromatic heterocycles.